The number of fused-ring (bicyclic) bond motifs is 2. The van der Waals surface area contributed by atoms with Gasteiger partial charge in [-0.1, -0.05) is 0 Å². The van der Waals surface area contributed by atoms with E-state index in [4.69, 9.17) is 13.6 Å². The molecule has 1 N–H and O–H groups in total. The van der Waals surface area contributed by atoms with Gasteiger partial charge in [0.1, 0.15) is 40.0 Å². The fraction of sp³-hybridized carbons (Fsp3) is 0.125. The largest absolute Gasteiger partial charge is 0.496 e. The molecule has 3 heterocycles. The lowest BCUT2D eigenvalue weighted by Crippen LogP contribution is -2.25. The zero-order valence-electron chi connectivity index (χ0n) is 23.9. The number of methoxy groups -OCH3 is 1. The first-order valence-electron chi connectivity index (χ1n) is 13.3. The first-order chi connectivity index (χ1) is 21.0. The highest BCUT2D eigenvalue weighted by Crippen LogP contribution is 2.45. The van der Waals surface area contributed by atoms with Gasteiger partial charge in [0, 0.05) is 60.6 Å². The second-order valence-electron chi connectivity index (χ2n) is 10.0. The second-order valence-corrected chi connectivity index (χ2v) is 12.0. The van der Waals surface area contributed by atoms with Crippen LogP contribution in [-0.2, 0) is 10.0 Å². The molecule has 0 unspecified atom stereocenters. The highest BCUT2D eigenvalue weighted by Gasteiger charge is 2.28. The Morgan fingerprint density at radius 2 is 1.70 bits per heavy atom. The maximum absolute atomic E-state index is 16.0. The number of ether oxygens (including phenoxy) is 1. The fourth-order valence-corrected chi connectivity index (χ4v) is 5.58. The Bertz CT molecular complexity index is 2160. The molecule has 3 aromatic heterocycles. The molecule has 6 aromatic rings. The summed E-state index contributed by atoms with van der Waals surface area (Å²) in [5.41, 5.74) is 2.41. The summed E-state index contributed by atoms with van der Waals surface area (Å²) < 4.78 is 73.8. The summed E-state index contributed by atoms with van der Waals surface area (Å²) in [6, 6.07) is 16.1. The second kappa shape index (κ2) is 10.8. The summed E-state index contributed by atoms with van der Waals surface area (Å²) in [6.45, 7) is 0. The van der Waals surface area contributed by atoms with Crippen molar-refractivity contribution in [3.05, 3.63) is 90.1 Å². The number of hydrogen-bond donors (Lipinski definition) is 1. The number of halogens is 2. The number of hydrogen-bond acceptors (Lipinski definition) is 7. The molecule has 0 atom stereocenters. The van der Waals surface area contributed by atoms with Crippen molar-refractivity contribution in [3.63, 3.8) is 0 Å². The van der Waals surface area contributed by atoms with Gasteiger partial charge >= 0.3 is 0 Å². The maximum atomic E-state index is 16.0. The van der Waals surface area contributed by atoms with Crippen molar-refractivity contribution in [2.45, 2.75) is 0 Å². The molecule has 12 heteroatoms. The van der Waals surface area contributed by atoms with Crippen molar-refractivity contribution in [3.8, 4) is 39.5 Å². The predicted octanol–water partition coefficient (Wildman–Crippen LogP) is 6.62. The van der Waals surface area contributed by atoms with Gasteiger partial charge in [-0.2, -0.15) is 0 Å². The van der Waals surface area contributed by atoms with Crippen molar-refractivity contribution >= 4 is 43.7 Å². The summed E-state index contributed by atoms with van der Waals surface area (Å²) in [7, 11) is 0.324. The van der Waals surface area contributed by atoms with Gasteiger partial charge in [0.25, 0.3) is 5.91 Å². The minimum absolute atomic E-state index is 0.00834. The Hall–Kier alpha value is -5.23. The first-order valence-corrected chi connectivity index (χ1v) is 15.1. The van der Waals surface area contributed by atoms with Gasteiger partial charge in [-0.3, -0.25) is 14.1 Å². The predicted molar refractivity (Wildman–Crippen MR) is 163 cm³/mol. The summed E-state index contributed by atoms with van der Waals surface area (Å²) in [5, 5.41) is 2.87. The van der Waals surface area contributed by atoms with Crippen molar-refractivity contribution in [1.82, 2.24) is 10.3 Å². The van der Waals surface area contributed by atoms with E-state index in [0.717, 1.165) is 10.6 Å². The summed E-state index contributed by atoms with van der Waals surface area (Å²) in [4.78, 5) is 17.5. The van der Waals surface area contributed by atoms with E-state index in [1.54, 1.807) is 24.4 Å². The van der Waals surface area contributed by atoms with Gasteiger partial charge in [-0.15, -0.1) is 0 Å². The zero-order chi connectivity index (χ0) is 31.3. The van der Waals surface area contributed by atoms with Crippen LogP contribution in [0, 0.1) is 11.6 Å². The highest BCUT2D eigenvalue weighted by atomic mass is 32.2. The van der Waals surface area contributed by atoms with E-state index in [2.05, 4.69) is 10.3 Å². The molecule has 0 spiro atoms. The van der Waals surface area contributed by atoms with Crippen LogP contribution in [0.2, 0.25) is 0 Å². The number of amides is 1. The number of nitrogens with one attached hydrogen (secondary N) is 1. The van der Waals surface area contributed by atoms with Crippen LogP contribution in [0.5, 0.6) is 5.75 Å². The minimum atomic E-state index is -3.84. The smallest absolute Gasteiger partial charge is 0.255 e. The Kier molecular flexibility index (Phi) is 7.08. The molecule has 44 heavy (non-hydrogen) atoms. The molecule has 0 aliphatic carbocycles. The summed E-state index contributed by atoms with van der Waals surface area (Å²) in [5.74, 6) is -1.04. The average molecular weight is 618 g/mol. The van der Waals surface area contributed by atoms with E-state index in [-0.39, 0.29) is 44.9 Å². The van der Waals surface area contributed by atoms with E-state index in [1.807, 2.05) is 0 Å². The van der Waals surface area contributed by atoms with Crippen molar-refractivity contribution < 1.29 is 35.6 Å². The molecule has 0 aliphatic rings. The van der Waals surface area contributed by atoms with Crippen LogP contribution in [0.25, 0.3) is 55.8 Å². The number of anilines is 1. The molecule has 9 nitrogen and oxygen atoms in total. The van der Waals surface area contributed by atoms with E-state index in [1.165, 1.54) is 69.7 Å². The molecule has 0 aliphatic heterocycles. The molecule has 1 amide bonds. The minimum Gasteiger partial charge on any atom is -0.496 e. The molecule has 0 bridgehead atoms. The van der Waals surface area contributed by atoms with Crippen LogP contribution in [-0.4, -0.2) is 46.8 Å². The lowest BCUT2D eigenvalue weighted by molar-refractivity contribution is 0.0964. The number of carbonyl (C=O) groups is 1. The van der Waals surface area contributed by atoms with Gasteiger partial charge in [0.2, 0.25) is 10.0 Å². The van der Waals surface area contributed by atoms with Crippen molar-refractivity contribution in [2.24, 2.45) is 0 Å². The monoisotopic (exact) mass is 617 g/mol. The van der Waals surface area contributed by atoms with Crippen LogP contribution >= 0.6 is 0 Å². The molecule has 224 valence electrons. The number of rotatable bonds is 7. The third kappa shape index (κ3) is 4.92. The SMILES string of the molecule is CNC(=O)c1c(-c2ccc(F)cc2)oc2cc(N(C)S(C)(=O)=O)c(-c3cc(-c4cc5ncccc5o4)c(OC)cc3F)cc12. The molecule has 0 fully saturated rings. The number of sulfonamides is 1. The number of aromatic nitrogens is 1. The molecule has 0 saturated carbocycles. The lowest BCUT2D eigenvalue weighted by atomic mass is 9.96. The van der Waals surface area contributed by atoms with Crippen LogP contribution in [0.4, 0.5) is 14.5 Å². The van der Waals surface area contributed by atoms with Gasteiger partial charge in [0.15, 0.2) is 5.58 Å². The van der Waals surface area contributed by atoms with Crippen LogP contribution in [0.3, 0.4) is 0 Å². The third-order valence-corrected chi connectivity index (χ3v) is 8.53. The van der Waals surface area contributed by atoms with Crippen molar-refractivity contribution in [1.29, 1.82) is 0 Å². The standard InChI is InChI=1S/C32H25F2N3O6S/c1-35-32(38)30-22-13-20(19-12-21(27(41-3)14-23(19)34)28-15-24-26(42-28)6-5-11-36-24)25(37(2)44(4,39)40)16-29(22)43-31(30)17-7-9-18(33)10-8-17/h5-16H,1-4H3,(H,35,38). The van der Waals surface area contributed by atoms with Gasteiger partial charge < -0.3 is 18.9 Å². The van der Waals surface area contributed by atoms with Crippen LogP contribution in [0.15, 0.2) is 81.8 Å². The topological polar surface area (TPSA) is 115 Å². The van der Waals surface area contributed by atoms with Crippen LogP contribution in [0.1, 0.15) is 10.4 Å². The quantitative estimate of drug-likeness (QED) is 0.214. The van der Waals surface area contributed by atoms with Gasteiger partial charge in [0.05, 0.1) is 30.2 Å². The Balaban J connectivity index is 1.67. The first kappa shape index (κ1) is 28.9. The van der Waals surface area contributed by atoms with E-state index in [9.17, 15) is 17.6 Å². The summed E-state index contributed by atoms with van der Waals surface area (Å²) >= 11 is 0. The van der Waals surface area contributed by atoms with E-state index >= 15 is 4.39 Å². The Morgan fingerprint density at radius 1 is 0.955 bits per heavy atom. The maximum Gasteiger partial charge on any atom is 0.255 e. The zero-order valence-corrected chi connectivity index (χ0v) is 24.8. The van der Waals surface area contributed by atoms with Gasteiger partial charge in [-0.25, -0.2) is 17.2 Å². The number of carbonyl (C=O) groups excluding carboxylic acids is 1. The molecule has 3 aromatic carbocycles. The van der Waals surface area contributed by atoms with Crippen LogP contribution < -0.4 is 14.4 Å². The Morgan fingerprint density at radius 3 is 2.36 bits per heavy atom. The summed E-state index contributed by atoms with van der Waals surface area (Å²) in [6.07, 6.45) is 2.63. The molecule has 0 radical (unpaired) electrons. The number of furan rings is 2. The number of benzene rings is 3. The van der Waals surface area contributed by atoms with Crippen molar-refractivity contribution in [2.75, 3.05) is 31.8 Å². The fourth-order valence-electron chi connectivity index (χ4n) is 5.07. The third-order valence-electron chi connectivity index (χ3n) is 7.34. The average Bonchev–Trinajstić information content (AvgIpc) is 3.61. The molecule has 0 saturated heterocycles. The molecular formula is C32H25F2N3O6S. The normalized spacial score (nSPS) is 11.7. The Labute approximate surface area is 250 Å². The number of pyridine rings is 1. The lowest BCUT2D eigenvalue weighted by Gasteiger charge is -2.21. The van der Waals surface area contributed by atoms with E-state index < -0.39 is 27.6 Å². The molecule has 6 rings (SSSR count). The van der Waals surface area contributed by atoms with Gasteiger partial charge in [-0.05, 0) is 48.5 Å². The molecular weight excluding hydrogens is 592 g/mol. The highest BCUT2D eigenvalue weighted by molar-refractivity contribution is 7.92. The van der Waals surface area contributed by atoms with E-state index in [0.29, 0.717) is 28.0 Å². The number of nitrogens with zero attached hydrogens (tertiary/aromatic N) is 2.